The monoisotopic (exact) mass is 250 g/mol. The Kier molecular flexibility index (Phi) is 3.71. The molecule has 2 atom stereocenters. The smallest absolute Gasteiger partial charge is 0.224 e. The summed E-state index contributed by atoms with van der Waals surface area (Å²) >= 11 is 0. The van der Waals surface area contributed by atoms with Crippen LogP contribution in [-0.2, 0) is 11.8 Å². The summed E-state index contributed by atoms with van der Waals surface area (Å²) in [7, 11) is 1.88. The van der Waals surface area contributed by atoms with Gasteiger partial charge in [-0.3, -0.25) is 9.48 Å². The lowest BCUT2D eigenvalue weighted by atomic mass is 10.00. The molecule has 0 unspecified atom stereocenters. The van der Waals surface area contributed by atoms with Gasteiger partial charge in [0.1, 0.15) is 0 Å². The second-order valence-electron chi connectivity index (χ2n) is 5.28. The van der Waals surface area contributed by atoms with Crippen LogP contribution in [0.1, 0.15) is 37.1 Å². The van der Waals surface area contributed by atoms with Crippen LogP contribution in [0.25, 0.3) is 0 Å². The van der Waals surface area contributed by atoms with Crippen molar-refractivity contribution in [1.29, 1.82) is 0 Å². The summed E-state index contributed by atoms with van der Waals surface area (Å²) < 4.78 is 1.78. The molecule has 1 aliphatic carbocycles. The summed E-state index contributed by atoms with van der Waals surface area (Å²) in [5, 5.41) is 7.26. The minimum atomic E-state index is 0.0524. The third-order valence-corrected chi connectivity index (χ3v) is 3.94. The molecule has 1 amide bonds. The molecule has 3 N–H and O–H groups in total. The molecular weight excluding hydrogens is 228 g/mol. The second-order valence-corrected chi connectivity index (χ2v) is 5.28. The molecular formula is C13H22N4O. The molecule has 0 saturated heterocycles. The molecule has 5 heteroatoms. The van der Waals surface area contributed by atoms with Crippen LogP contribution in [0, 0.1) is 19.8 Å². The van der Waals surface area contributed by atoms with Gasteiger partial charge in [-0.05, 0) is 32.6 Å². The summed E-state index contributed by atoms with van der Waals surface area (Å²) in [6, 6.07) is 0.187. The van der Waals surface area contributed by atoms with Gasteiger partial charge in [0, 0.05) is 19.5 Å². The number of hydrogen-bond donors (Lipinski definition) is 2. The van der Waals surface area contributed by atoms with Crippen molar-refractivity contribution in [3.8, 4) is 0 Å². The first kappa shape index (κ1) is 13.1. The maximum Gasteiger partial charge on any atom is 0.224 e. The van der Waals surface area contributed by atoms with E-state index in [0.717, 1.165) is 36.3 Å². The maximum absolute atomic E-state index is 12.0. The highest BCUT2D eigenvalue weighted by Gasteiger charge is 2.26. The Morgan fingerprint density at radius 1 is 1.50 bits per heavy atom. The van der Waals surface area contributed by atoms with E-state index in [1.54, 1.807) is 4.68 Å². The number of nitrogens with one attached hydrogen (secondary N) is 1. The number of nitrogens with zero attached hydrogens (tertiary/aromatic N) is 2. The van der Waals surface area contributed by atoms with Crippen molar-refractivity contribution in [3.05, 3.63) is 11.4 Å². The van der Waals surface area contributed by atoms with Crippen LogP contribution in [-0.4, -0.2) is 21.7 Å². The van der Waals surface area contributed by atoms with Crippen LogP contribution in [0.4, 0.5) is 5.69 Å². The Hall–Kier alpha value is -1.36. The molecule has 1 aromatic rings. The minimum absolute atomic E-state index is 0.0524. The fourth-order valence-corrected chi connectivity index (χ4v) is 2.70. The molecule has 0 spiro atoms. The number of carbonyl (C=O) groups excluding carboxylic acids is 1. The van der Waals surface area contributed by atoms with Gasteiger partial charge in [0.15, 0.2) is 0 Å². The van der Waals surface area contributed by atoms with Gasteiger partial charge in [0.25, 0.3) is 0 Å². The van der Waals surface area contributed by atoms with Crippen LogP contribution in [0.3, 0.4) is 0 Å². The van der Waals surface area contributed by atoms with Crippen LogP contribution < -0.4 is 11.1 Å². The zero-order chi connectivity index (χ0) is 13.3. The Labute approximate surface area is 108 Å². The summed E-state index contributed by atoms with van der Waals surface area (Å²) in [4.78, 5) is 12.0. The Bertz CT molecular complexity index is 452. The molecule has 0 aromatic carbocycles. The number of nitrogens with two attached hydrogens (primary N) is 1. The van der Waals surface area contributed by atoms with Crippen LogP contribution in [0.15, 0.2) is 0 Å². The molecule has 0 radical (unpaired) electrons. The maximum atomic E-state index is 12.0. The van der Waals surface area contributed by atoms with Crippen molar-refractivity contribution >= 4 is 11.6 Å². The third-order valence-electron chi connectivity index (χ3n) is 3.94. The fraction of sp³-hybridized carbons (Fsp3) is 0.692. The Balaban J connectivity index is 1.99. The summed E-state index contributed by atoms with van der Waals surface area (Å²) in [5.74, 6) is 0.388. The molecule has 1 fully saturated rings. The van der Waals surface area contributed by atoms with E-state index in [4.69, 9.17) is 5.73 Å². The SMILES string of the molecule is Cc1nn(C)c(C)c1NC(=O)C[C@@H]1CCC[C@H]1N. The highest BCUT2D eigenvalue weighted by atomic mass is 16.1. The third kappa shape index (κ3) is 2.56. The van der Waals surface area contributed by atoms with Gasteiger partial charge < -0.3 is 11.1 Å². The molecule has 5 nitrogen and oxygen atoms in total. The number of rotatable bonds is 3. The zero-order valence-electron chi connectivity index (χ0n) is 11.4. The van der Waals surface area contributed by atoms with Crippen molar-refractivity contribution in [2.24, 2.45) is 18.7 Å². The lowest BCUT2D eigenvalue weighted by molar-refractivity contribution is -0.117. The van der Waals surface area contributed by atoms with Gasteiger partial charge in [0.05, 0.1) is 17.1 Å². The molecule has 100 valence electrons. The first-order valence-corrected chi connectivity index (χ1v) is 6.54. The van der Waals surface area contributed by atoms with E-state index in [1.165, 1.54) is 0 Å². The van der Waals surface area contributed by atoms with E-state index in [0.29, 0.717) is 12.3 Å². The average molecular weight is 250 g/mol. The highest BCUT2D eigenvalue weighted by molar-refractivity contribution is 5.92. The van der Waals surface area contributed by atoms with Gasteiger partial charge in [-0.15, -0.1) is 0 Å². The predicted molar refractivity (Wildman–Crippen MR) is 71.2 cm³/mol. The first-order chi connectivity index (χ1) is 8.49. The van der Waals surface area contributed by atoms with Crippen molar-refractivity contribution in [3.63, 3.8) is 0 Å². The van der Waals surface area contributed by atoms with Crippen LogP contribution in [0.5, 0.6) is 0 Å². The fourth-order valence-electron chi connectivity index (χ4n) is 2.70. The highest BCUT2D eigenvalue weighted by Crippen LogP contribution is 2.27. The van der Waals surface area contributed by atoms with Crippen LogP contribution in [0.2, 0.25) is 0 Å². The second kappa shape index (κ2) is 5.10. The summed E-state index contributed by atoms with van der Waals surface area (Å²) in [6.45, 7) is 3.86. The molecule has 0 aliphatic heterocycles. The molecule has 1 aromatic heterocycles. The number of carbonyl (C=O) groups is 1. The van der Waals surface area contributed by atoms with E-state index in [9.17, 15) is 4.79 Å². The van der Waals surface area contributed by atoms with Crippen LogP contribution >= 0.6 is 0 Å². The van der Waals surface area contributed by atoms with Gasteiger partial charge in [-0.2, -0.15) is 5.10 Å². The van der Waals surface area contributed by atoms with Gasteiger partial charge in [0.2, 0.25) is 5.91 Å². The van der Waals surface area contributed by atoms with Gasteiger partial charge >= 0.3 is 0 Å². The number of hydrogen-bond acceptors (Lipinski definition) is 3. The Morgan fingerprint density at radius 3 is 2.72 bits per heavy atom. The number of aromatic nitrogens is 2. The average Bonchev–Trinajstić information content (AvgIpc) is 2.79. The standard InChI is InChI=1S/C13H22N4O/c1-8-13(9(2)17(3)16-8)15-12(18)7-10-5-4-6-11(10)14/h10-11H,4-7,14H2,1-3H3,(H,15,18)/t10-,11+/m0/s1. The van der Waals surface area contributed by atoms with E-state index < -0.39 is 0 Å². The topological polar surface area (TPSA) is 72.9 Å². The normalized spacial score (nSPS) is 23.3. The molecule has 1 saturated carbocycles. The predicted octanol–water partition coefficient (Wildman–Crippen LogP) is 1.49. The van der Waals surface area contributed by atoms with E-state index >= 15 is 0 Å². The zero-order valence-corrected chi connectivity index (χ0v) is 11.4. The van der Waals surface area contributed by atoms with Crippen molar-refractivity contribution < 1.29 is 4.79 Å². The minimum Gasteiger partial charge on any atom is -0.327 e. The number of aryl methyl sites for hydroxylation is 2. The van der Waals surface area contributed by atoms with Gasteiger partial charge in [-0.25, -0.2) is 0 Å². The number of amides is 1. The van der Waals surface area contributed by atoms with Crippen molar-refractivity contribution in [1.82, 2.24) is 9.78 Å². The first-order valence-electron chi connectivity index (χ1n) is 6.54. The van der Waals surface area contributed by atoms with E-state index in [1.807, 2.05) is 20.9 Å². The van der Waals surface area contributed by atoms with Crippen molar-refractivity contribution in [2.45, 2.75) is 45.6 Å². The summed E-state index contributed by atoms with van der Waals surface area (Å²) in [5.41, 5.74) is 8.67. The molecule has 2 rings (SSSR count). The Morgan fingerprint density at radius 2 is 2.22 bits per heavy atom. The molecule has 1 aliphatic rings. The number of anilines is 1. The van der Waals surface area contributed by atoms with E-state index in [2.05, 4.69) is 10.4 Å². The summed E-state index contributed by atoms with van der Waals surface area (Å²) in [6.07, 6.45) is 3.78. The van der Waals surface area contributed by atoms with Crippen molar-refractivity contribution in [2.75, 3.05) is 5.32 Å². The lowest BCUT2D eigenvalue weighted by Crippen LogP contribution is -2.28. The van der Waals surface area contributed by atoms with E-state index in [-0.39, 0.29) is 11.9 Å². The van der Waals surface area contributed by atoms with Gasteiger partial charge in [-0.1, -0.05) is 6.42 Å². The molecule has 18 heavy (non-hydrogen) atoms. The largest absolute Gasteiger partial charge is 0.327 e. The lowest BCUT2D eigenvalue weighted by Gasteiger charge is -2.14. The molecule has 1 heterocycles. The molecule has 0 bridgehead atoms. The quantitative estimate of drug-likeness (QED) is 0.853.